The number of alkyl halides is 3. The summed E-state index contributed by atoms with van der Waals surface area (Å²) < 4.78 is 35.6. The number of nitrogens with two attached hydrogens (primary N) is 1. The number of likely N-dealkylation sites (N-methyl/N-ethyl adjacent to an activating group) is 1. The van der Waals surface area contributed by atoms with Crippen molar-refractivity contribution >= 4 is 5.97 Å². The fourth-order valence-corrected chi connectivity index (χ4v) is 1.15. The Kier molecular flexibility index (Phi) is 5.59. The van der Waals surface area contributed by atoms with Gasteiger partial charge in [-0.1, -0.05) is 0 Å². The summed E-state index contributed by atoms with van der Waals surface area (Å²) in [6.45, 7) is -0.201. The molecule has 0 aromatic carbocycles. The summed E-state index contributed by atoms with van der Waals surface area (Å²) in [7, 11) is 1.35. The third-order valence-corrected chi connectivity index (χ3v) is 2.01. The van der Waals surface area contributed by atoms with Crippen LogP contribution in [0, 0.1) is 0 Å². The van der Waals surface area contributed by atoms with E-state index in [2.05, 4.69) is 0 Å². The number of rotatable bonds is 6. The van der Waals surface area contributed by atoms with E-state index >= 15 is 0 Å². The largest absolute Gasteiger partial charge is 0.480 e. The highest BCUT2D eigenvalue weighted by molar-refractivity contribution is 5.73. The van der Waals surface area contributed by atoms with Crippen LogP contribution in [0.5, 0.6) is 0 Å². The summed E-state index contributed by atoms with van der Waals surface area (Å²) in [5.74, 6) is -1.15. The lowest BCUT2D eigenvalue weighted by Gasteiger charge is -2.24. The quantitative estimate of drug-likeness (QED) is 0.701. The van der Waals surface area contributed by atoms with Gasteiger partial charge in [0.2, 0.25) is 0 Å². The molecule has 0 aliphatic heterocycles. The van der Waals surface area contributed by atoms with Crippen molar-refractivity contribution in [1.82, 2.24) is 4.90 Å². The Hall–Kier alpha value is -0.820. The summed E-state index contributed by atoms with van der Waals surface area (Å²) in [6.07, 6.45) is -5.14. The highest BCUT2D eigenvalue weighted by Crippen LogP contribution is 2.20. The summed E-state index contributed by atoms with van der Waals surface area (Å²) >= 11 is 0. The molecule has 0 aromatic heterocycles. The van der Waals surface area contributed by atoms with Crippen LogP contribution in [0.15, 0.2) is 0 Å². The number of halogens is 3. The molecular formula is C8H15F3N2O2. The number of nitrogens with zero attached hydrogens (tertiary/aromatic N) is 1. The molecule has 0 saturated carbocycles. The molecular weight excluding hydrogens is 213 g/mol. The number of aliphatic carboxylic acids is 1. The highest BCUT2D eigenvalue weighted by Gasteiger charge is 2.30. The smallest absolute Gasteiger partial charge is 0.390 e. The van der Waals surface area contributed by atoms with Crippen LogP contribution in [0.2, 0.25) is 0 Å². The van der Waals surface area contributed by atoms with Crippen LogP contribution in [-0.4, -0.2) is 48.3 Å². The highest BCUT2D eigenvalue weighted by atomic mass is 19.4. The zero-order valence-electron chi connectivity index (χ0n) is 8.42. The normalized spacial score (nSPS) is 14.3. The number of carboxylic acid groups (broad SMARTS) is 1. The average Bonchev–Trinajstić information content (AvgIpc) is 2.08. The van der Waals surface area contributed by atoms with Gasteiger partial charge in [-0.2, -0.15) is 13.2 Å². The van der Waals surface area contributed by atoms with Crippen LogP contribution < -0.4 is 5.73 Å². The molecule has 0 aromatic rings. The third-order valence-electron chi connectivity index (χ3n) is 2.01. The minimum absolute atomic E-state index is 0.132. The molecule has 0 amide bonds. The summed E-state index contributed by atoms with van der Waals surface area (Å²) in [4.78, 5) is 11.8. The average molecular weight is 228 g/mol. The van der Waals surface area contributed by atoms with Gasteiger partial charge in [0.05, 0.1) is 6.42 Å². The van der Waals surface area contributed by atoms with E-state index in [-0.39, 0.29) is 19.5 Å². The van der Waals surface area contributed by atoms with Gasteiger partial charge in [-0.25, -0.2) is 0 Å². The molecule has 0 rings (SSSR count). The van der Waals surface area contributed by atoms with Gasteiger partial charge in [0.25, 0.3) is 0 Å². The van der Waals surface area contributed by atoms with Crippen LogP contribution in [0.4, 0.5) is 13.2 Å². The van der Waals surface area contributed by atoms with E-state index in [1.165, 1.54) is 7.05 Å². The Morgan fingerprint density at radius 3 is 2.40 bits per heavy atom. The van der Waals surface area contributed by atoms with Gasteiger partial charge in [-0.15, -0.1) is 0 Å². The number of hydrogen-bond donors (Lipinski definition) is 2. The lowest BCUT2D eigenvalue weighted by atomic mass is 10.2. The minimum Gasteiger partial charge on any atom is -0.480 e. The Morgan fingerprint density at radius 1 is 1.53 bits per heavy atom. The Balaban J connectivity index is 4.14. The standard InChI is InChI=1S/C8H15F3N2O2/c1-13(5-3-8(9,10)11)6(2-4-12)7(14)15/h6H,2-5,12H2,1H3,(H,14,15). The van der Waals surface area contributed by atoms with E-state index in [0.29, 0.717) is 0 Å². The van der Waals surface area contributed by atoms with Crippen LogP contribution >= 0.6 is 0 Å². The first-order chi connectivity index (χ1) is 6.78. The van der Waals surface area contributed by atoms with Gasteiger partial charge in [0.15, 0.2) is 0 Å². The zero-order chi connectivity index (χ0) is 12.1. The summed E-state index contributed by atoms with van der Waals surface area (Å²) in [6, 6.07) is -0.947. The zero-order valence-corrected chi connectivity index (χ0v) is 8.42. The molecule has 4 nitrogen and oxygen atoms in total. The molecule has 15 heavy (non-hydrogen) atoms. The minimum atomic E-state index is -4.26. The third kappa shape index (κ3) is 6.29. The lowest BCUT2D eigenvalue weighted by Crippen LogP contribution is -2.41. The van der Waals surface area contributed by atoms with E-state index in [4.69, 9.17) is 10.8 Å². The molecule has 0 aliphatic carbocycles. The van der Waals surface area contributed by atoms with E-state index < -0.39 is 24.6 Å². The van der Waals surface area contributed by atoms with Crippen molar-refractivity contribution in [2.24, 2.45) is 5.73 Å². The molecule has 1 atom stereocenters. The maximum atomic E-state index is 11.9. The number of carboxylic acids is 1. The second-order valence-electron chi connectivity index (χ2n) is 3.28. The molecule has 3 N–H and O–H groups in total. The van der Waals surface area contributed by atoms with Crippen LogP contribution in [0.1, 0.15) is 12.8 Å². The molecule has 0 saturated heterocycles. The monoisotopic (exact) mass is 228 g/mol. The van der Waals surface area contributed by atoms with E-state index in [9.17, 15) is 18.0 Å². The predicted octanol–water partition coefficient (Wildman–Crippen LogP) is 0.673. The van der Waals surface area contributed by atoms with E-state index in [1.54, 1.807) is 0 Å². The maximum Gasteiger partial charge on any atom is 0.390 e. The van der Waals surface area contributed by atoms with Crippen LogP contribution in [0.3, 0.4) is 0 Å². The second kappa shape index (κ2) is 5.92. The number of hydrogen-bond acceptors (Lipinski definition) is 3. The SMILES string of the molecule is CN(CCC(F)(F)F)C(CCN)C(=O)O. The van der Waals surface area contributed by atoms with Crippen molar-refractivity contribution in [3.63, 3.8) is 0 Å². The number of carbonyl (C=O) groups is 1. The van der Waals surface area contributed by atoms with Crippen molar-refractivity contribution in [2.45, 2.75) is 25.1 Å². The first-order valence-corrected chi connectivity index (χ1v) is 4.48. The molecule has 0 spiro atoms. The first kappa shape index (κ1) is 14.2. The topological polar surface area (TPSA) is 66.6 Å². The van der Waals surface area contributed by atoms with E-state index in [1.807, 2.05) is 0 Å². The molecule has 90 valence electrons. The maximum absolute atomic E-state index is 11.9. The van der Waals surface area contributed by atoms with Gasteiger partial charge in [-0.05, 0) is 20.0 Å². The van der Waals surface area contributed by atoms with Crippen molar-refractivity contribution in [3.8, 4) is 0 Å². The van der Waals surface area contributed by atoms with E-state index in [0.717, 1.165) is 4.90 Å². The van der Waals surface area contributed by atoms with Crippen molar-refractivity contribution in [2.75, 3.05) is 20.1 Å². The van der Waals surface area contributed by atoms with Crippen LogP contribution in [0.25, 0.3) is 0 Å². The van der Waals surface area contributed by atoms with Crippen molar-refractivity contribution in [3.05, 3.63) is 0 Å². The van der Waals surface area contributed by atoms with Crippen molar-refractivity contribution < 1.29 is 23.1 Å². The van der Waals surface area contributed by atoms with Crippen LogP contribution in [-0.2, 0) is 4.79 Å². The Bertz CT molecular complexity index is 209. The summed E-state index contributed by atoms with van der Waals surface area (Å²) in [5.41, 5.74) is 5.17. The van der Waals surface area contributed by atoms with Gasteiger partial charge in [0, 0.05) is 6.54 Å². The molecule has 0 radical (unpaired) electrons. The molecule has 0 aliphatic rings. The lowest BCUT2D eigenvalue weighted by molar-refractivity contribution is -0.149. The van der Waals surface area contributed by atoms with Gasteiger partial charge < -0.3 is 10.8 Å². The van der Waals surface area contributed by atoms with Gasteiger partial charge in [0.1, 0.15) is 6.04 Å². The fraction of sp³-hybridized carbons (Fsp3) is 0.875. The fourth-order valence-electron chi connectivity index (χ4n) is 1.15. The molecule has 0 bridgehead atoms. The first-order valence-electron chi connectivity index (χ1n) is 4.48. The molecule has 1 unspecified atom stereocenters. The summed E-state index contributed by atoms with van der Waals surface area (Å²) in [5, 5.41) is 8.73. The van der Waals surface area contributed by atoms with Gasteiger partial charge in [-0.3, -0.25) is 9.69 Å². The molecule has 7 heteroatoms. The predicted molar refractivity (Wildman–Crippen MR) is 48.4 cm³/mol. The molecule has 0 fully saturated rings. The van der Waals surface area contributed by atoms with Crippen molar-refractivity contribution in [1.29, 1.82) is 0 Å². The van der Waals surface area contributed by atoms with Gasteiger partial charge >= 0.3 is 12.1 Å². The second-order valence-corrected chi connectivity index (χ2v) is 3.28. The Morgan fingerprint density at radius 2 is 2.07 bits per heavy atom. The molecule has 0 heterocycles. The Labute approximate surface area is 85.8 Å².